The zero-order valence-electron chi connectivity index (χ0n) is 18.8. The second kappa shape index (κ2) is 9.12. The van der Waals surface area contributed by atoms with E-state index in [4.69, 9.17) is 0 Å². The van der Waals surface area contributed by atoms with Crippen molar-refractivity contribution in [3.05, 3.63) is 54.1 Å². The number of fused-ring (bicyclic) bond motifs is 3. The monoisotopic (exact) mass is 434 g/mol. The number of anilines is 3. The van der Waals surface area contributed by atoms with Crippen LogP contribution in [0.5, 0.6) is 0 Å². The quantitative estimate of drug-likeness (QED) is 0.513. The molecule has 1 amide bonds. The van der Waals surface area contributed by atoms with Crippen LogP contribution in [0.25, 0.3) is 0 Å². The summed E-state index contributed by atoms with van der Waals surface area (Å²) in [5, 5.41) is 14.9. The van der Waals surface area contributed by atoms with Gasteiger partial charge in [-0.25, -0.2) is 5.06 Å². The van der Waals surface area contributed by atoms with Crippen molar-refractivity contribution in [2.45, 2.75) is 45.1 Å². The van der Waals surface area contributed by atoms with E-state index in [1.165, 1.54) is 24.9 Å². The molecule has 6 rings (SSSR count). The molecule has 2 aromatic rings. The van der Waals surface area contributed by atoms with Gasteiger partial charge in [-0.1, -0.05) is 12.1 Å². The zero-order chi connectivity index (χ0) is 22.0. The standard InChI is InChI=1S/C26H34N4O2/c31-25(26-12-17-28(18-13-26)19-14-26)30(32)20-21-4-6-22(7-5-21)27-23-8-10-24(11-9-23)29-15-2-1-3-16-29/h4-11,27,32H,1-3,12-20H2. The summed E-state index contributed by atoms with van der Waals surface area (Å²) in [6.07, 6.45) is 6.49. The first-order valence-electron chi connectivity index (χ1n) is 12.1. The smallest absolute Gasteiger partial charge is 0.252 e. The highest BCUT2D eigenvalue weighted by molar-refractivity contribution is 5.82. The lowest BCUT2D eigenvalue weighted by Crippen LogP contribution is -2.55. The van der Waals surface area contributed by atoms with Crippen LogP contribution in [0.4, 0.5) is 17.1 Å². The largest absolute Gasteiger partial charge is 0.372 e. The Bertz CT molecular complexity index is 900. The maximum Gasteiger partial charge on any atom is 0.252 e. The molecule has 4 saturated heterocycles. The van der Waals surface area contributed by atoms with Crippen LogP contribution in [0.15, 0.2) is 48.5 Å². The third-order valence-electron chi connectivity index (χ3n) is 7.57. The molecule has 4 aliphatic rings. The summed E-state index contributed by atoms with van der Waals surface area (Å²) < 4.78 is 0. The molecule has 0 aliphatic carbocycles. The molecule has 6 nitrogen and oxygen atoms in total. The second-order valence-corrected chi connectivity index (χ2v) is 9.65. The second-order valence-electron chi connectivity index (χ2n) is 9.65. The van der Waals surface area contributed by atoms with Crippen LogP contribution in [0.1, 0.15) is 44.1 Å². The number of rotatable bonds is 6. The van der Waals surface area contributed by atoms with Crippen LogP contribution in [0, 0.1) is 5.41 Å². The highest BCUT2D eigenvalue weighted by atomic mass is 16.5. The highest BCUT2D eigenvalue weighted by Crippen LogP contribution is 2.41. The van der Waals surface area contributed by atoms with Gasteiger partial charge in [-0.15, -0.1) is 0 Å². The third kappa shape index (κ3) is 4.48. The predicted molar refractivity (Wildman–Crippen MR) is 127 cm³/mol. The van der Waals surface area contributed by atoms with Gasteiger partial charge < -0.3 is 15.1 Å². The first-order valence-corrected chi connectivity index (χ1v) is 12.1. The summed E-state index contributed by atoms with van der Waals surface area (Å²) in [5.74, 6) is -0.104. The van der Waals surface area contributed by atoms with Crippen molar-refractivity contribution >= 4 is 23.0 Å². The van der Waals surface area contributed by atoms with Crippen LogP contribution >= 0.6 is 0 Å². The summed E-state index contributed by atoms with van der Waals surface area (Å²) >= 11 is 0. The van der Waals surface area contributed by atoms with Gasteiger partial charge in [0.05, 0.1) is 12.0 Å². The fourth-order valence-electron chi connectivity index (χ4n) is 5.43. The van der Waals surface area contributed by atoms with Crippen molar-refractivity contribution in [1.82, 2.24) is 9.96 Å². The minimum atomic E-state index is -0.356. The maximum absolute atomic E-state index is 13.0. The van der Waals surface area contributed by atoms with Crippen LogP contribution < -0.4 is 10.2 Å². The van der Waals surface area contributed by atoms with Crippen molar-refractivity contribution < 1.29 is 10.0 Å². The minimum Gasteiger partial charge on any atom is -0.372 e. The Hall–Kier alpha value is -2.57. The predicted octanol–water partition coefficient (Wildman–Crippen LogP) is 4.62. The first-order chi connectivity index (χ1) is 15.6. The summed E-state index contributed by atoms with van der Waals surface area (Å²) in [7, 11) is 0. The van der Waals surface area contributed by atoms with Gasteiger partial charge in [-0.3, -0.25) is 10.0 Å². The lowest BCUT2D eigenvalue weighted by atomic mass is 9.71. The average molecular weight is 435 g/mol. The molecule has 0 radical (unpaired) electrons. The van der Waals surface area contributed by atoms with E-state index in [2.05, 4.69) is 39.4 Å². The van der Waals surface area contributed by atoms with E-state index in [-0.39, 0.29) is 17.9 Å². The molecule has 4 heterocycles. The van der Waals surface area contributed by atoms with Crippen molar-refractivity contribution in [3.63, 3.8) is 0 Å². The molecule has 2 aromatic carbocycles. The van der Waals surface area contributed by atoms with E-state index >= 15 is 0 Å². The van der Waals surface area contributed by atoms with Crippen molar-refractivity contribution in [2.75, 3.05) is 42.9 Å². The van der Waals surface area contributed by atoms with Gasteiger partial charge in [-0.2, -0.15) is 0 Å². The Morgan fingerprint density at radius 1 is 0.844 bits per heavy atom. The number of piperidine rings is 4. The van der Waals surface area contributed by atoms with Crippen LogP contribution in [0.2, 0.25) is 0 Å². The molecule has 170 valence electrons. The summed E-state index contributed by atoms with van der Waals surface area (Å²) in [6, 6.07) is 16.6. The first kappa shape index (κ1) is 21.3. The Morgan fingerprint density at radius 2 is 1.41 bits per heavy atom. The van der Waals surface area contributed by atoms with Gasteiger partial charge in [0.25, 0.3) is 5.91 Å². The number of carbonyl (C=O) groups is 1. The number of benzene rings is 2. The molecule has 0 unspecified atom stereocenters. The van der Waals surface area contributed by atoms with Crippen molar-refractivity contribution in [3.8, 4) is 0 Å². The SMILES string of the molecule is O=C(N(O)Cc1ccc(Nc2ccc(N3CCCCC3)cc2)cc1)C12CCN(CC1)CC2. The van der Waals surface area contributed by atoms with Gasteiger partial charge >= 0.3 is 0 Å². The van der Waals surface area contributed by atoms with Crippen LogP contribution in [0.3, 0.4) is 0 Å². The van der Waals surface area contributed by atoms with Crippen molar-refractivity contribution in [1.29, 1.82) is 0 Å². The number of hydrogen-bond acceptors (Lipinski definition) is 5. The molecule has 0 atom stereocenters. The number of amides is 1. The molecule has 0 aromatic heterocycles. The van der Waals surface area contributed by atoms with Gasteiger partial charge in [0.2, 0.25) is 0 Å². The number of nitrogens with zero attached hydrogens (tertiary/aromatic N) is 3. The normalized spacial score (nSPS) is 24.9. The Balaban J connectivity index is 1.16. The van der Waals surface area contributed by atoms with Crippen molar-refractivity contribution in [2.24, 2.45) is 5.41 Å². The Morgan fingerprint density at radius 3 is 2.00 bits per heavy atom. The highest BCUT2D eigenvalue weighted by Gasteiger charge is 2.46. The van der Waals surface area contributed by atoms with E-state index in [0.29, 0.717) is 0 Å². The van der Waals surface area contributed by atoms with Crippen LogP contribution in [-0.4, -0.2) is 53.8 Å². The van der Waals surface area contributed by atoms with E-state index in [1.54, 1.807) is 0 Å². The summed E-state index contributed by atoms with van der Waals surface area (Å²) in [6.45, 7) is 5.45. The van der Waals surface area contributed by atoms with E-state index in [1.807, 2.05) is 24.3 Å². The lowest BCUT2D eigenvalue weighted by Gasteiger charge is -2.47. The molecule has 6 heteroatoms. The zero-order valence-corrected chi connectivity index (χ0v) is 18.8. The summed E-state index contributed by atoms with van der Waals surface area (Å²) in [4.78, 5) is 17.8. The average Bonchev–Trinajstić information content (AvgIpc) is 2.87. The Kier molecular flexibility index (Phi) is 6.07. The fraction of sp³-hybridized carbons (Fsp3) is 0.500. The van der Waals surface area contributed by atoms with Gasteiger partial charge in [0.1, 0.15) is 0 Å². The fourth-order valence-corrected chi connectivity index (χ4v) is 5.43. The van der Waals surface area contributed by atoms with Crippen LogP contribution in [-0.2, 0) is 11.3 Å². The van der Waals surface area contributed by atoms with Gasteiger partial charge in [-0.05, 0) is 100 Å². The molecular formula is C26H34N4O2. The molecule has 0 saturated carbocycles. The Labute approximate surface area is 190 Å². The molecular weight excluding hydrogens is 400 g/mol. The van der Waals surface area contributed by atoms with Gasteiger partial charge in [0.15, 0.2) is 0 Å². The number of carbonyl (C=O) groups excluding carboxylic acids is 1. The topological polar surface area (TPSA) is 59.1 Å². The number of hydroxylamine groups is 2. The summed E-state index contributed by atoms with van der Waals surface area (Å²) in [5.41, 5.74) is 3.91. The van der Waals surface area contributed by atoms with E-state index < -0.39 is 0 Å². The lowest BCUT2D eigenvalue weighted by molar-refractivity contribution is -0.187. The van der Waals surface area contributed by atoms with E-state index in [0.717, 1.165) is 74.0 Å². The molecule has 2 N–H and O–H groups in total. The van der Waals surface area contributed by atoms with Gasteiger partial charge in [0, 0.05) is 30.2 Å². The number of nitrogens with one attached hydrogen (secondary N) is 1. The molecule has 32 heavy (non-hydrogen) atoms. The molecule has 4 aliphatic heterocycles. The molecule has 4 fully saturated rings. The molecule has 2 bridgehead atoms. The minimum absolute atomic E-state index is 0.104. The third-order valence-corrected chi connectivity index (χ3v) is 7.57. The molecule has 0 spiro atoms. The maximum atomic E-state index is 13.0. The van der Waals surface area contributed by atoms with E-state index in [9.17, 15) is 10.0 Å². The number of hydrogen-bond donors (Lipinski definition) is 2.